The molecule has 0 unspecified atom stereocenters. The molecule has 1 fully saturated rings. The molecule has 0 aromatic heterocycles. The summed E-state index contributed by atoms with van der Waals surface area (Å²) in [5, 5.41) is 0. The van der Waals surface area contributed by atoms with Crippen molar-refractivity contribution < 1.29 is 28.6 Å². The number of carbonyl (C=O) groups is 3. The first-order chi connectivity index (χ1) is 12.1. The van der Waals surface area contributed by atoms with E-state index < -0.39 is 24.6 Å². The van der Waals surface area contributed by atoms with E-state index in [0.29, 0.717) is 11.5 Å². The Labute approximate surface area is 143 Å². The first-order valence-electron chi connectivity index (χ1n) is 7.61. The van der Waals surface area contributed by atoms with Crippen LogP contribution in [0.15, 0.2) is 54.6 Å². The zero-order valence-corrected chi connectivity index (χ0v) is 13.2. The lowest BCUT2D eigenvalue weighted by molar-refractivity contribution is -0.131. The van der Waals surface area contributed by atoms with E-state index in [0.717, 1.165) is 4.90 Å². The van der Waals surface area contributed by atoms with E-state index in [1.165, 1.54) is 6.07 Å². The number of imide groups is 1. The third-order valence-corrected chi connectivity index (χ3v) is 3.47. The topological polar surface area (TPSA) is 82.1 Å². The van der Waals surface area contributed by atoms with Crippen molar-refractivity contribution in [1.29, 1.82) is 0 Å². The van der Waals surface area contributed by atoms with Crippen molar-refractivity contribution in [1.82, 2.24) is 4.90 Å². The molecule has 1 saturated heterocycles. The fourth-order valence-corrected chi connectivity index (χ4v) is 2.24. The molecule has 0 saturated carbocycles. The van der Waals surface area contributed by atoms with Crippen molar-refractivity contribution >= 4 is 18.0 Å². The quantitative estimate of drug-likeness (QED) is 0.778. The van der Waals surface area contributed by atoms with Gasteiger partial charge in [-0.1, -0.05) is 30.3 Å². The van der Waals surface area contributed by atoms with Crippen molar-refractivity contribution in [2.24, 2.45) is 0 Å². The first kappa shape index (κ1) is 16.5. The SMILES string of the molecule is O=C(OCC(=O)N1CCOC1=O)c1ccccc1Oc1ccccc1. The third kappa shape index (κ3) is 3.95. The molecule has 7 nitrogen and oxygen atoms in total. The highest BCUT2D eigenvalue weighted by Crippen LogP contribution is 2.25. The van der Waals surface area contributed by atoms with E-state index in [1.807, 2.05) is 18.2 Å². The lowest BCUT2D eigenvalue weighted by Crippen LogP contribution is -2.35. The van der Waals surface area contributed by atoms with Gasteiger partial charge >= 0.3 is 12.1 Å². The minimum absolute atomic E-state index is 0.145. The summed E-state index contributed by atoms with van der Waals surface area (Å²) in [5.41, 5.74) is 0.183. The molecule has 0 atom stereocenters. The van der Waals surface area contributed by atoms with Crippen LogP contribution in [0.1, 0.15) is 10.4 Å². The second-order valence-corrected chi connectivity index (χ2v) is 5.15. The van der Waals surface area contributed by atoms with Crippen molar-refractivity contribution in [3.63, 3.8) is 0 Å². The molecule has 3 rings (SSSR count). The number of amides is 2. The molecule has 2 amide bonds. The number of para-hydroxylation sites is 2. The smallest absolute Gasteiger partial charge is 0.416 e. The number of rotatable bonds is 5. The fraction of sp³-hybridized carbons (Fsp3) is 0.167. The van der Waals surface area contributed by atoms with Crippen LogP contribution in [0.4, 0.5) is 4.79 Å². The van der Waals surface area contributed by atoms with E-state index >= 15 is 0 Å². The van der Waals surface area contributed by atoms with Crippen LogP contribution < -0.4 is 4.74 Å². The number of carbonyl (C=O) groups excluding carboxylic acids is 3. The second-order valence-electron chi connectivity index (χ2n) is 5.15. The highest BCUT2D eigenvalue weighted by atomic mass is 16.6. The number of hydrogen-bond donors (Lipinski definition) is 0. The number of benzene rings is 2. The van der Waals surface area contributed by atoms with E-state index in [1.54, 1.807) is 30.3 Å². The molecule has 2 aromatic carbocycles. The summed E-state index contributed by atoms with van der Waals surface area (Å²) in [5.74, 6) is -0.463. The maximum absolute atomic E-state index is 12.3. The Morgan fingerprint density at radius 1 is 1.04 bits per heavy atom. The summed E-state index contributed by atoms with van der Waals surface area (Å²) < 4.78 is 15.4. The maximum Gasteiger partial charge on any atom is 0.416 e. The van der Waals surface area contributed by atoms with Gasteiger partial charge in [-0.05, 0) is 24.3 Å². The van der Waals surface area contributed by atoms with Gasteiger partial charge < -0.3 is 14.2 Å². The Morgan fingerprint density at radius 3 is 2.48 bits per heavy atom. The number of cyclic esters (lactones) is 1. The van der Waals surface area contributed by atoms with Gasteiger partial charge in [0.25, 0.3) is 5.91 Å². The van der Waals surface area contributed by atoms with E-state index in [2.05, 4.69) is 4.74 Å². The zero-order valence-electron chi connectivity index (χ0n) is 13.2. The van der Waals surface area contributed by atoms with Crippen molar-refractivity contribution in [2.75, 3.05) is 19.8 Å². The molecule has 0 aliphatic carbocycles. The fourth-order valence-electron chi connectivity index (χ4n) is 2.24. The summed E-state index contributed by atoms with van der Waals surface area (Å²) in [4.78, 5) is 36.4. The molecule has 7 heteroatoms. The maximum atomic E-state index is 12.3. The Kier molecular flexibility index (Phi) is 4.94. The van der Waals surface area contributed by atoms with Crippen LogP contribution in [-0.2, 0) is 14.3 Å². The molecule has 0 radical (unpaired) electrons. The molecule has 128 valence electrons. The number of hydrogen-bond acceptors (Lipinski definition) is 6. The molecule has 1 heterocycles. The average molecular weight is 341 g/mol. The van der Waals surface area contributed by atoms with Crippen LogP contribution >= 0.6 is 0 Å². The Hall–Kier alpha value is -3.35. The van der Waals surface area contributed by atoms with Gasteiger partial charge in [-0.25, -0.2) is 14.5 Å². The highest BCUT2D eigenvalue weighted by Gasteiger charge is 2.29. The van der Waals surface area contributed by atoms with Crippen molar-refractivity contribution in [3.8, 4) is 11.5 Å². The minimum atomic E-state index is -0.728. The Morgan fingerprint density at radius 2 is 1.76 bits per heavy atom. The molecule has 2 aromatic rings. The largest absolute Gasteiger partial charge is 0.456 e. The molecule has 1 aliphatic heterocycles. The monoisotopic (exact) mass is 341 g/mol. The predicted molar refractivity (Wildman–Crippen MR) is 86.3 cm³/mol. The molecule has 1 aliphatic rings. The van der Waals surface area contributed by atoms with Crippen LogP contribution in [0.5, 0.6) is 11.5 Å². The standard InChI is InChI=1S/C18H15NO6/c20-16(19-10-11-23-18(19)22)12-24-17(21)14-8-4-5-9-15(14)25-13-6-2-1-3-7-13/h1-9H,10-12H2. The van der Waals surface area contributed by atoms with Crippen molar-refractivity contribution in [2.45, 2.75) is 0 Å². The molecule has 0 N–H and O–H groups in total. The van der Waals surface area contributed by atoms with Crippen molar-refractivity contribution in [3.05, 3.63) is 60.2 Å². The lowest BCUT2D eigenvalue weighted by Gasteiger charge is -2.13. The molecule has 25 heavy (non-hydrogen) atoms. The van der Waals surface area contributed by atoms with Crippen LogP contribution in [0.2, 0.25) is 0 Å². The van der Waals surface area contributed by atoms with Gasteiger partial charge in [-0.15, -0.1) is 0 Å². The van der Waals surface area contributed by atoms with E-state index in [4.69, 9.17) is 9.47 Å². The summed E-state index contributed by atoms with van der Waals surface area (Å²) in [6, 6.07) is 15.5. The first-order valence-corrected chi connectivity index (χ1v) is 7.61. The van der Waals surface area contributed by atoms with E-state index in [9.17, 15) is 14.4 Å². The summed E-state index contributed by atoms with van der Waals surface area (Å²) in [6.07, 6.45) is -0.728. The average Bonchev–Trinajstić information content (AvgIpc) is 3.07. The summed E-state index contributed by atoms with van der Waals surface area (Å²) >= 11 is 0. The van der Waals surface area contributed by atoms with E-state index in [-0.39, 0.29) is 18.7 Å². The molecule has 0 spiro atoms. The number of esters is 1. The molecule has 0 bridgehead atoms. The van der Waals surface area contributed by atoms with Crippen LogP contribution in [-0.4, -0.2) is 42.6 Å². The summed E-state index contributed by atoms with van der Waals surface area (Å²) in [7, 11) is 0. The molecular formula is C18H15NO6. The number of nitrogens with zero attached hydrogens (tertiary/aromatic N) is 1. The minimum Gasteiger partial charge on any atom is -0.456 e. The van der Waals surface area contributed by atoms with Crippen LogP contribution in [0, 0.1) is 0 Å². The van der Waals surface area contributed by atoms with Gasteiger partial charge in [0.2, 0.25) is 0 Å². The Balaban J connectivity index is 1.66. The highest BCUT2D eigenvalue weighted by molar-refractivity contribution is 5.97. The van der Waals surface area contributed by atoms with Gasteiger partial charge in [0.05, 0.1) is 6.54 Å². The predicted octanol–water partition coefficient (Wildman–Crippen LogP) is 2.61. The van der Waals surface area contributed by atoms with Gasteiger partial charge in [0.1, 0.15) is 23.7 Å². The number of ether oxygens (including phenoxy) is 3. The van der Waals surface area contributed by atoms with Crippen LogP contribution in [0.3, 0.4) is 0 Å². The normalized spacial score (nSPS) is 13.3. The van der Waals surface area contributed by atoms with Gasteiger partial charge in [0.15, 0.2) is 6.61 Å². The van der Waals surface area contributed by atoms with Gasteiger partial charge in [-0.3, -0.25) is 4.79 Å². The molecular weight excluding hydrogens is 326 g/mol. The summed E-state index contributed by atoms with van der Waals surface area (Å²) in [6.45, 7) is -0.247. The van der Waals surface area contributed by atoms with Gasteiger partial charge in [-0.2, -0.15) is 0 Å². The Bertz CT molecular complexity index is 789. The second kappa shape index (κ2) is 7.48. The van der Waals surface area contributed by atoms with Crippen LogP contribution in [0.25, 0.3) is 0 Å². The lowest BCUT2D eigenvalue weighted by atomic mass is 10.2. The third-order valence-electron chi connectivity index (χ3n) is 3.47. The van der Waals surface area contributed by atoms with Gasteiger partial charge in [0, 0.05) is 0 Å². The zero-order chi connectivity index (χ0) is 17.6.